The minimum absolute atomic E-state index is 0.113. The van der Waals surface area contributed by atoms with Crippen LogP contribution in [0.5, 0.6) is 0 Å². The van der Waals surface area contributed by atoms with Crippen LogP contribution in [-0.4, -0.2) is 29.2 Å². The van der Waals surface area contributed by atoms with E-state index in [1.807, 2.05) is 0 Å². The van der Waals surface area contributed by atoms with Crippen LogP contribution < -0.4 is 0 Å². The second-order valence-electron chi connectivity index (χ2n) is 4.66. The fourth-order valence-corrected chi connectivity index (χ4v) is 3.86. The van der Waals surface area contributed by atoms with E-state index < -0.39 is 15.8 Å². The Kier molecular flexibility index (Phi) is 3.64. The number of nitrogens with zero attached hydrogens (tertiary/aromatic N) is 3. The van der Waals surface area contributed by atoms with E-state index in [1.165, 1.54) is 22.8 Å². The molecule has 3 rings (SSSR count). The molecule has 0 spiro atoms. The van der Waals surface area contributed by atoms with Crippen LogP contribution in [0.15, 0.2) is 35.6 Å². The van der Waals surface area contributed by atoms with Gasteiger partial charge in [0, 0.05) is 17.8 Å². The lowest BCUT2D eigenvalue weighted by Gasteiger charge is -2.27. The fourth-order valence-electron chi connectivity index (χ4n) is 2.25. The van der Waals surface area contributed by atoms with E-state index >= 15 is 0 Å². The first-order valence-corrected chi connectivity index (χ1v) is 8.03. The minimum Gasteiger partial charge on any atom is -0.245 e. The van der Waals surface area contributed by atoms with E-state index in [0.29, 0.717) is 12.1 Å². The van der Waals surface area contributed by atoms with Crippen molar-refractivity contribution in [1.29, 1.82) is 0 Å². The molecule has 5 nitrogen and oxygen atoms in total. The Morgan fingerprint density at radius 2 is 2.14 bits per heavy atom. The number of sulfonamides is 1. The molecule has 0 radical (unpaired) electrons. The predicted octanol–water partition coefficient (Wildman–Crippen LogP) is 2.02. The monoisotopic (exact) mass is 327 g/mol. The summed E-state index contributed by atoms with van der Waals surface area (Å²) in [6.45, 7) is 0.382. The zero-order chi connectivity index (χ0) is 15.0. The third kappa shape index (κ3) is 2.64. The molecule has 0 atom stereocenters. The number of rotatable bonds is 2. The molecule has 0 N–H and O–H groups in total. The first kappa shape index (κ1) is 14.4. The van der Waals surface area contributed by atoms with Crippen LogP contribution in [0, 0.1) is 5.82 Å². The summed E-state index contributed by atoms with van der Waals surface area (Å²) in [5, 5.41) is 0.156. The van der Waals surface area contributed by atoms with Gasteiger partial charge in [0.1, 0.15) is 17.0 Å². The highest BCUT2D eigenvalue weighted by Crippen LogP contribution is 2.26. The number of benzene rings is 1. The maximum atomic E-state index is 13.9. The molecule has 1 aromatic carbocycles. The summed E-state index contributed by atoms with van der Waals surface area (Å²) in [5.41, 5.74) is 1.56. The summed E-state index contributed by atoms with van der Waals surface area (Å²) in [6, 6.07) is 3.54. The van der Waals surface area contributed by atoms with E-state index in [-0.39, 0.29) is 23.0 Å². The van der Waals surface area contributed by atoms with E-state index in [2.05, 4.69) is 9.97 Å². The van der Waals surface area contributed by atoms with Crippen molar-refractivity contribution in [2.75, 3.05) is 6.54 Å². The number of hydrogen-bond acceptors (Lipinski definition) is 4. The zero-order valence-electron chi connectivity index (χ0n) is 10.8. The fraction of sp³-hybridized carbons (Fsp3) is 0.231. The average molecular weight is 328 g/mol. The SMILES string of the molecule is O=S(=O)(c1ccc(Cl)cc1F)N1CCc2cncnc2C1. The van der Waals surface area contributed by atoms with Crippen LogP contribution in [0.4, 0.5) is 4.39 Å². The Balaban J connectivity index is 1.97. The molecule has 0 amide bonds. The van der Waals surface area contributed by atoms with E-state index in [1.54, 1.807) is 6.20 Å². The first-order valence-electron chi connectivity index (χ1n) is 6.21. The van der Waals surface area contributed by atoms with Crippen LogP contribution in [0.2, 0.25) is 5.02 Å². The molecule has 0 saturated heterocycles. The van der Waals surface area contributed by atoms with Gasteiger partial charge in [-0.3, -0.25) is 0 Å². The highest BCUT2D eigenvalue weighted by molar-refractivity contribution is 7.89. The summed E-state index contributed by atoms with van der Waals surface area (Å²) in [5.74, 6) is -0.851. The third-order valence-corrected chi connectivity index (χ3v) is 5.46. The second-order valence-corrected chi connectivity index (χ2v) is 7.00. The molecule has 21 heavy (non-hydrogen) atoms. The van der Waals surface area contributed by atoms with Crippen molar-refractivity contribution in [3.05, 3.63) is 52.8 Å². The molecule has 0 saturated carbocycles. The number of halogens is 2. The summed E-state index contributed by atoms with van der Waals surface area (Å²) < 4.78 is 40.2. The van der Waals surface area contributed by atoms with Crippen LogP contribution in [-0.2, 0) is 23.0 Å². The standard InChI is InChI=1S/C13H11ClFN3O2S/c14-10-1-2-13(11(15)5-10)21(19,20)18-4-3-9-6-16-8-17-12(9)7-18/h1-2,5-6,8H,3-4,7H2. The number of hydrogen-bond donors (Lipinski definition) is 0. The quantitative estimate of drug-likeness (QED) is 0.846. The van der Waals surface area contributed by atoms with Crippen molar-refractivity contribution < 1.29 is 12.8 Å². The van der Waals surface area contributed by atoms with Gasteiger partial charge in [-0.05, 0) is 30.2 Å². The topological polar surface area (TPSA) is 63.2 Å². The Labute approximate surface area is 126 Å². The van der Waals surface area contributed by atoms with Gasteiger partial charge in [-0.15, -0.1) is 0 Å². The van der Waals surface area contributed by atoms with Gasteiger partial charge in [-0.25, -0.2) is 22.8 Å². The predicted molar refractivity (Wildman–Crippen MR) is 74.7 cm³/mol. The molecule has 0 bridgehead atoms. The summed E-state index contributed by atoms with van der Waals surface area (Å²) >= 11 is 5.65. The summed E-state index contributed by atoms with van der Waals surface area (Å²) in [7, 11) is -3.91. The Morgan fingerprint density at radius 1 is 1.33 bits per heavy atom. The van der Waals surface area contributed by atoms with Crippen molar-refractivity contribution in [1.82, 2.24) is 14.3 Å². The van der Waals surface area contributed by atoms with Gasteiger partial charge in [-0.1, -0.05) is 11.6 Å². The van der Waals surface area contributed by atoms with Crippen molar-refractivity contribution in [2.45, 2.75) is 17.9 Å². The first-order chi connectivity index (χ1) is 9.98. The van der Waals surface area contributed by atoms with E-state index in [4.69, 9.17) is 11.6 Å². The van der Waals surface area contributed by atoms with Gasteiger partial charge in [0.25, 0.3) is 0 Å². The van der Waals surface area contributed by atoms with Crippen molar-refractivity contribution in [3.63, 3.8) is 0 Å². The Hall–Kier alpha value is -1.57. The van der Waals surface area contributed by atoms with Gasteiger partial charge in [-0.2, -0.15) is 4.31 Å². The molecular formula is C13H11ClFN3O2S. The van der Waals surface area contributed by atoms with E-state index in [0.717, 1.165) is 11.6 Å². The van der Waals surface area contributed by atoms with Crippen LogP contribution >= 0.6 is 11.6 Å². The molecule has 1 aromatic heterocycles. The molecule has 0 unspecified atom stereocenters. The average Bonchev–Trinajstić information content (AvgIpc) is 2.46. The zero-order valence-corrected chi connectivity index (χ0v) is 12.4. The number of aromatic nitrogens is 2. The van der Waals surface area contributed by atoms with Gasteiger partial charge in [0.05, 0.1) is 12.2 Å². The molecule has 0 aliphatic carbocycles. The molecule has 8 heteroatoms. The third-order valence-electron chi connectivity index (χ3n) is 3.35. The Morgan fingerprint density at radius 3 is 2.90 bits per heavy atom. The highest BCUT2D eigenvalue weighted by atomic mass is 35.5. The highest BCUT2D eigenvalue weighted by Gasteiger charge is 2.31. The lowest BCUT2D eigenvalue weighted by molar-refractivity contribution is 0.382. The minimum atomic E-state index is -3.91. The van der Waals surface area contributed by atoms with E-state index in [9.17, 15) is 12.8 Å². The summed E-state index contributed by atoms with van der Waals surface area (Å²) in [4.78, 5) is 7.62. The lowest BCUT2D eigenvalue weighted by Crippen LogP contribution is -2.36. The van der Waals surface area contributed by atoms with Gasteiger partial charge in [0.2, 0.25) is 10.0 Å². The molecule has 2 aromatic rings. The van der Waals surface area contributed by atoms with Crippen LogP contribution in [0.1, 0.15) is 11.3 Å². The molecule has 2 heterocycles. The molecule has 0 fully saturated rings. The smallest absolute Gasteiger partial charge is 0.245 e. The second kappa shape index (κ2) is 5.32. The van der Waals surface area contributed by atoms with Crippen LogP contribution in [0.25, 0.3) is 0 Å². The summed E-state index contributed by atoms with van der Waals surface area (Å²) in [6.07, 6.45) is 3.55. The maximum Gasteiger partial charge on any atom is 0.246 e. The lowest BCUT2D eigenvalue weighted by atomic mass is 10.1. The Bertz CT molecular complexity index is 798. The number of fused-ring (bicyclic) bond motifs is 1. The normalized spacial score (nSPS) is 15.7. The molecule has 110 valence electrons. The largest absolute Gasteiger partial charge is 0.246 e. The van der Waals surface area contributed by atoms with Gasteiger partial charge >= 0.3 is 0 Å². The maximum absolute atomic E-state index is 13.9. The molecular weight excluding hydrogens is 317 g/mol. The van der Waals surface area contributed by atoms with Crippen molar-refractivity contribution in [3.8, 4) is 0 Å². The van der Waals surface area contributed by atoms with Gasteiger partial charge in [0.15, 0.2) is 0 Å². The molecule has 1 aliphatic heterocycles. The van der Waals surface area contributed by atoms with Crippen molar-refractivity contribution in [2.24, 2.45) is 0 Å². The van der Waals surface area contributed by atoms with Crippen molar-refractivity contribution >= 4 is 21.6 Å². The van der Waals surface area contributed by atoms with Gasteiger partial charge < -0.3 is 0 Å². The van der Waals surface area contributed by atoms with Crippen LogP contribution in [0.3, 0.4) is 0 Å². The molecule has 1 aliphatic rings.